The molecule has 3 aromatic carbocycles. The van der Waals surface area contributed by atoms with Gasteiger partial charge in [0.1, 0.15) is 96.7 Å². The first kappa shape index (κ1) is 72.1. The van der Waals surface area contributed by atoms with Gasteiger partial charge in [-0.3, -0.25) is 4.79 Å². The molecule has 2 N–H and O–H groups in total. The van der Waals surface area contributed by atoms with E-state index < -0.39 is 89.4 Å². The summed E-state index contributed by atoms with van der Waals surface area (Å²) in [7, 11) is -6.38. The van der Waals surface area contributed by atoms with Crippen LogP contribution in [0.3, 0.4) is 0 Å². The molecular formula is C54H82BrF6MgN9O6Si3. The summed E-state index contributed by atoms with van der Waals surface area (Å²) in [5.41, 5.74) is -3.52. The van der Waals surface area contributed by atoms with E-state index in [1.165, 1.54) is 76.3 Å². The van der Waals surface area contributed by atoms with Gasteiger partial charge in [-0.15, -0.1) is 0 Å². The van der Waals surface area contributed by atoms with Gasteiger partial charge in [0, 0.05) is 29.3 Å². The SMILES string of the molecule is C[C@@H](O[Si](C)(C)C(C)(C)C)C(=O)Cn1cncn1.C[C@H](O[Si](C)(C)C(C)(C)C)[C@@](O)(Cn1cncn1)c1ccc(F)cc1F.C[C@H](O[Si](C)(C)C(C)(C)C)[C@](O)(Cn1cncn1)c1ccc(F)cc1F.Fc1ccc(Br)c(F)c1.[H-].[H-].[Mg+2]. The predicted octanol–water partition coefficient (Wildman–Crippen LogP) is 12.5. The van der Waals surface area contributed by atoms with Crippen LogP contribution in [0.2, 0.25) is 54.4 Å². The standard InChI is InChI=1S/2C18H27F2N3O2Si.C12H23N3O2Si.C6H3BrF2.Mg.2H/c2*1-13(25-26(5,6)17(2,3)4)18(24,10-23-12-21-11-22-23)15-8-7-14(19)9-16(15)20;1-10(17-18(5,6)12(2,3)4)11(16)7-15-9-13-8-14-15;7-5-2-1-4(8)3-6(5)9;;;/h2*7-9,11-13,24H,10H2,1-6H3;8-10H,7H2,1-6H3;1-3H;;;/q;;;;+2;2*-1/t13-,18+;13-,18-;10-;;;;/m001..../s1. The number of nitrogens with zero attached hydrogens (tertiary/aromatic N) is 9. The number of aromatic nitrogens is 9. The maximum atomic E-state index is 14.5. The zero-order chi connectivity index (χ0) is 60.3. The van der Waals surface area contributed by atoms with Crippen molar-refractivity contribution in [2.45, 2.75) is 187 Å². The van der Waals surface area contributed by atoms with Crippen LogP contribution in [0.1, 0.15) is 97.1 Å². The van der Waals surface area contributed by atoms with Gasteiger partial charge in [0.05, 0.1) is 29.8 Å². The van der Waals surface area contributed by atoms with Gasteiger partial charge >= 0.3 is 23.1 Å². The Balaban J connectivity index is 0.00000111. The van der Waals surface area contributed by atoms with Gasteiger partial charge in [-0.25, -0.2) is 55.3 Å². The fourth-order valence-corrected chi connectivity index (χ4v) is 11.3. The molecule has 80 heavy (non-hydrogen) atoms. The molecule has 0 aliphatic heterocycles. The fraction of sp³-hybridized carbons (Fsp3) is 0.537. The van der Waals surface area contributed by atoms with Crippen LogP contribution in [0.25, 0.3) is 0 Å². The van der Waals surface area contributed by atoms with Gasteiger partial charge in [-0.1, -0.05) is 74.4 Å². The molecule has 5 atom stereocenters. The molecule has 0 radical (unpaired) electrons. The molecule has 3 heterocycles. The third-order valence-corrected chi connectivity index (χ3v) is 29.1. The Kier molecular flexibility index (Phi) is 26.2. The number of aliphatic hydroxyl groups is 2. The number of carbonyl (C=O) groups is 1. The first-order valence-corrected chi connectivity index (χ1v) is 35.1. The van der Waals surface area contributed by atoms with E-state index in [-0.39, 0.29) is 82.0 Å². The van der Waals surface area contributed by atoms with Gasteiger partial charge in [0.2, 0.25) is 0 Å². The number of ketones is 1. The summed E-state index contributed by atoms with van der Waals surface area (Å²) < 4.78 is 103. The number of rotatable bonds is 17. The summed E-state index contributed by atoms with van der Waals surface area (Å²) in [5.74, 6) is -4.15. The molecule has 0 saturated carbocycles. The number of carbonyl (C=O) groups excluding carboxylic acids is 1. The predicted molar refractivity (Wildman–Crippen MR) is 311 cm³/mol. The molecule has 6 aromatic rings. The van der Waals surface area contributed by atoms with E-state index in [4.69, 9.17) is 13.3 Å². The van der Waals surface area contributed by atoms with Gasteiger partial charge in [0.25, 0.3) is 0 Å². The maximum absolute atomic E-state index is 14.5. The molecule has 0 aliphatic carbocycles. The molecular weight excluding hydrogens is 1170 g/mol. The van der Waals surface area contributed by atoms with Crippen LogP contribution in [0.15, 0.2) is 97.0 Å². The summed E-state index contributed by atoms with van der Waals surface area (Å²) in [6.45, 7) is 36.8. The van der Waals surface area contributed by atoms with Crippen LogP contribution in [0.5, 0.6) is 0 Å². The second-order valence-electron chi connectivity index (χ2n) is 24.0. The van der Waals surface area contributed by atoms with Crippen molar-refractivity contribution in [3.63, 3.8) is 0 Å². The third-order valence-electron chi connectivity index (χ3n) is 14.8. The molecule has 26 heteroatoms. The Bertz CT molecular complexity index is 2750. The Hall–Kier alpha value is -3.97. The van der Waals surface area contributed by atoms with Crippen LogP contribution in [0.4, 0.5) is 26.3 Å². The first-order valence-electron chi connectivity index (χ1n) is 25.6. The van der Waals surface area contributed by atoms with Crippen LogP contribution in [-0.2, 0) is 48.9 Å². The van der Waals surface area contributed by atoms with Gasteiger partial charge in [-0.2, -0.15) is 15.3 Å². The van der Waals surface area contributed by atoms with E-state index in [0.717, 1.165) is 30.3 Å². The molecule has 0 amide bonds. The Morgan fingerprint density at radius 3 is 1.15 bits per heavy atom. The van der Waals surface area contributed by atoms with Gasteiger partial charge < -0.3 is 26.3 Å². The fourth-order valence-electron chi connectivity index (χ4n) is 6.86. The number of halogens is 7. The van der Waals surface area contributed by atoms with Crippen molar-refractivity contribution in [3.8, 4) is 0 Å². The van der Waals surface area contributed by atoms with Crippen LogP contribution in [0, 0.1) is 34.9 Å². The smallest absolute Gasteiger partial charge is 1.00 e. The van der Waals surface area contributed by atoms with Crippen molar-refractivity contribution < 1.29 is 57.5 Å². The zero-order valence-electron chi connectivity index (χ0n) is 51.4. The largest absolute Gasteiger partial charge is 2.00 e. The number of benzene rings is 3. The molecule has 0 unspecified atom stereocenters. The summed E-state index contributed by atoms with van der Waals surface area (Å²) in [6, 6.07) is 9.64. The average molecular weight is 1260 g/mol. The van der Waals surface area contributed by atoms with Crippen molar-refractivity contribution in [1.29, 1.82) is 0 Å². The second-order valence-corrected chi connectivity index (χ2v) is 39.1. The minimum absolute atomic E-state index is 0. The van der Waals surface area contributed by atoms with E-state index >= 15 is 0 Å². The van der Waals surface area contributed by atoms with E-state index in [1.807, 2.05) is 6.92 Å². The molecule has 0 saturated heterocycles. The molecule has 3 aromatic heterocycles. The Morgan fingerprint density at radius 1 is 0.550 bits per heavy atom. The van der Waals surface area contributed by atoms with Crippen molar-refractivity contribution in [2.75, 3.05) is 0 Å². The molecule has 442 valence electrons. The van der Waals surface area contributed by atoms with E-state index in [2.05, 4.69) is 148 Å². The monoisotopic (exact) mass is 1250 g/mol. The van der Waals surface area contributed by atoms with Crippen molar-refractivity contribution in [2.24, 2.45) is 0 Å². The molecule has 6 rings (SSSR count). The summed E-state index contributed by atoms with van der Waals surface area (Å²) in [4.78, 5) is 23.6. The van der Waals surface area contributed by atoms with Crippen LogP contribution in [-0.4, -0.2) is 127 Å². The van der Waals surface area contributed by atoms with E-state index in [9.17, 15) is 41.4 Å². The summed E-state index contributed by atoms with van der Waals surface area (Å²) >= 11 is 2.89. The molecule has 0 bridgehead atoms. The summed E-state index contributed by atoms with van der Waals surface area (Å²) in [6.07, 6.45) is 6.62. The van der Waals surface area contributed by atoms with Gasteiger partial charge in [-0.05, 0) is 115 Å². The topological polar surface area (TPSA) is 177 Å². The van der Waals surface area contributed by atoms with Gasteiger partial charge in [0.15, 0.2) is 30.7 Å². The number of hydrogen-bond acceptors (Lipinski definition) is 12. The normalized spacial score (nSPS) is 15.0. The number of Topliss-reactive ketones (excluding diaryl/α,β-unsaturated/α-hetero) is 1. The Labute approximate surface area is 498 Å². The number of hydrogen-bond donors (Lipinski definition) is 2. The van der Waals surface area contributed by atoms with Crippen molar-refractivity contribution >= 4 is 69.7 Å². The third kappa shape index (κ3) is 20.1. The second kappa shape index (κ2) is 29.0. The first-order chi connectivity index (χ1) is 36.1. The quantitative estimate of drug-likeness (QED) is 0.0503. The van der Waals surface area contributed by atoms with Crippen molar-refractivity contribution in [1.82, 2.24) is 44.3 Å². The zero-order valence-corrected chi connectivity index (χ0v) is 55.4. The minimum atomic E-state index is -2.24. The average Bonchev–Trinajstić information content (AvgIpc) is 4.13. The minimum Gasteiger partial charge on any atom is -1.00 e. The molecule has 0 aliphatic rings. The Morgan fingerprint density at radius 2 is 0.863 bits per heavy atom. The molecule has 0 spiro atoms. The van der Waals surface area contributed by atoms with Crippen molar-refractivity contribution in [3.05, 3.63) is 143 Å². The van der Waals surface area contributed by atoms with Crippen LogP contribution < -0.4 is 0 Å². The molecule has 15 nitrogen and oxygen atoms in total. The maximum Gasteiger partial charge on any atom is 2.00 e. The van der Waals surface area contributed by atoms with E-state index in [0.29, 0.717) is 0 Å². The van der Waals surface area contributed by atoms with E-state index in [1.54, 1.807) is 13.8 Å². The molecule has 0 fully saturated rings. The summed E-state index contributed by atoms with van der Waals surface area (Å²) in [5, 5.41) is 34.8. The van der Waals surface area contributed by atoms with Crippen LogP contribution >= 0.6 is 15.9 Å².